The molecule has 1 saturated heterocycles. The molecule has 2 N–H and O–H groups in total. The SMILES string of the molecule is O=S(=O)(CCN1CCNCC1)NC1CCCCC1. The van der Waals surface area contributed by atoms with Gasteiger partial charge in [0.15, 0.2) is 0 Å². The normalized spacial score (nSPS) is 24.2. The smallest absolute Gasteiger partial charge is 0.213 e. The van der Waals surface area contributed by atoms with Crippen LogP contribution in [-0.2, 0) is 10.0 Å². The van der Waals surface area contributed by atoms with E-state index < -0.39 is 10.0 Å². The van der Waals surface area contributed by atoms with Crippen molar-refractivity contribution in [3.05, 3.63) is 0 Å². The van der Waals surface area contributed by atoms with Gasteiger partial charge in [0.05, 0.1) is 5.75 Å². The van der Waals surface area contributed by atoms with Gasteiger partial charge in [-0.25, -0.2) is 13.1 Å². The summed E-state index contributed by atoms with van der Waals surface area (Å²) in [6.07, 6.45) is 5.58. The summed E-state index contributed by atoms with van der Waals surface area (Å²) < 4.78 is 26.8. The Hall–Kier alpha value is -0.170. The van der Waals surface area contributed by atoms with Crippen molar-refractivity contribution >= 4 is 10.0 Å². The lowest BCUT2D eigenvalue weighted by atomic mass is 9.96. The van der Waals surface area contributed by atoms with Crippen LogP contribution >= 0.6 is 0 Å². The summed E-state index contributed by atoms with van der Waals surface area (Å²) in [7, 11) is -3.09. The van der Waals surface area contributed by atoms with E-state index in [0.29, 0.717) is 6.54 Å². The third-order valence-corrected chi connectivity index (χ3v) is 5.25. The summed E-state index contributed by atoms with van der Waals surface area (Å²) >= 11 is 0. The van der Waals surface area contributed by atoms with Crippen molar-refractivity contribution in [2.45, 2.75) is 38.1 Å². The Labute approximate surface area is 110 Å². The van der Waals surface area contributed by atoms with Gasteiger partial charge in [0, 0.05) is 38.8 Å². The molecular formula is C12H25N3O2S. The molecule has 0 aromatic rings. The number of piperazine rings is 1. The number of sulfonamides is 1. The van der Waals surface area contributed by atoms with Gasteiger partial charge in [-0.3, -0.25) is 4.90 Å². The molecule has 0 aromatic carbocycles. The summed E-state index contributed by atoms with van der Waals surface area (Å²) in [5.74, 6) is 0.240. The molecule has 0 radical (unpaired) electrons. The highest BCUT2D eigenvalue weighted by Gasteiger charge is 2.21. The summed E-state index contributed by atoms with van der Waals surface area (Å²) in [4.78, 5) is 2.22. The molecular weight excluding hydrogens is 250 g/mol. The lowest BCUT2D eigenvalue weighted by Gasteiger charge is -2.28. The van der Waals surface area contributed by atoms with Gasteiger partial charge in [0.25, 0.3) is 0 Å². The van der Waals surface area contributed by atoms with Gasteiger partial charge >= 0.3 is 0 Å². The number of nitrogens with one attached hydrogen (secondary N) is 2. The molecule has 0 amide bonds. The summed E-state index contributed by atoms with van der Waals surface area (Å²) in [6, 6.07) is 0.187. The first-order valence-corrected chi connectivity index (χ1v) is 8.74. The third kappa shape index (κ3) is 4.84. The molecule has 0 spiro atoms. The van der Waals surface area contributed by atoms with Crippen LogP contribution in [0.1, 0.15) is 32.1 Å². The largest absolute Gasteiger partial charge is 0.314 e. The monoisotopic (exact) mass is 275 g/mol. The van der Waals surface area contributed by atoms with Crippen molar-refractivity contribution in [3.8, 4) is 0 Å². The third-order valence-electron chi connectivity index (χ3n) is 3.84. The first-order chi connectivity index (χ1) is 8.66. The molecule has 0 aromatic heterocycles. The maximum atomic E-state index is 12.0. The molecule has 1 heterocycles. The molecule has 0 atom stereocenters. The maximum Gasteiger partial charge on any atom is 0.213 e. The first-order valence-electron chi connectivity index (χ1n) is 7.09. The van der Waals surface area contributed by atoms with Gasteiger partial charge in [-0.1, -0.05) is 19.3 Å². The van der Waals surface area contributed by atoms with E-state index in [-0.39, 0.29) is 11.8 Å². The van der Waals surface area contributed by atoms with Gasteiger partial charge < -0.3 is 5.32 Å². The zero-order chi connectivity index (χ0) is 12.8. The quantitative estimate of drug-likeness (QED) is 0.749. The predicted octanol–water partition coefficient (Wildman–Crippen LogP) is 0.144. The highest BCUT2D eigenvalue weighted by Crippen LogP contribution is 2.18. The molecule has 106 valence electrons. The molecule has 1 aliphatic carbocycles. The Balaban J connectivity index is 1.72. The Kier molecular flexibility index (Phi) is 5.41. The number of rotatable bonds is 5. The van der Waals surface area contributed by atoms with Crippen LogP contribution in [0.2, 0.25) is 0 Å². The van der Waals surface area contributed by atoms with Crippen LogP contribution in [0.4, 0.5) is 0 Å². The molecule has 18 heavy (non-hydrogen) atoms. The van der Waals surface area contributed by atoms with Crippen molar-refractivity contribution in [2.24, 2.45) is 0 Å². The van der Waals surface area contributed by atoms with Crippen molar-refractivity contribution in [3.63, 3.8) is 0 Å². The lowest BCUT2D eigenvalue weighted by Crippen LogP contribution is -2.46. The lowest BCUT2D eigenvalue weighted by molar-refractivity contribution is 0.253. The number of hydrogen-bond acceptors (Lipinski definition) is 4. The van der Waals surface area contributed by atoms with Crippen LogP contribution in [0, 0.1) is 0 Å². The average Bonchev–Trinajstić information content (AvgIpc) is 2.38. The maximum absolute atomic E-state index is 12.0. The van der Waals surface area contributed by atoms with E-state index in [1.165, 1.54) is 6.42 Å². The van der Waals surface area contributed by atoms with Crippen LogP contribution in [-0.4, -0.2) is 57.8 Å². The minimum Gasteiger partial charge on any atom is -0.314 e. The van der Waals surface area contributed by atoms with E-state index in [9.17, 15) is 8.42 Å². The fourth-order valence-electron chi connectivity index (χ4n) is 2.72. The van der Waals surface area contributed by atoms with Crippen molar-refractivity contribution < 1.29 is 8.42 Å². The molecule has 2 rings (SSSR count). The van der Waals surface area contributed by atoms with Crippen molar-refractivity contribution in [1.82, 2.24) is 14.9 Å². The predicted molar refractivity (Wildman–Crippen MR) is 73.1 cm³/mol. The van der Waals surface area contributed by atoms with E-state index >= 15 is 0 Å². The van der Waals surface area contributed by atoms with E-state index in [1.54, 1.807) is 0 Å². The van der Waals surface area contributed by atoms with Crippen LogP contribution in [0.3, 0.4) is 0 Å². The Bertz CT molecular complexity index is 333. The van der Waals surface area contributed by atoms with Gasteiger partial charge in [-0.2, -0.15) is 0 Å². The molecule has 0 unspecified atom stereocenters. The summed E-state index contributed by atoms with van der Waals surface area (Å²) in [6.45, 7) is 4.51. The summed E-state index contributed by atoms with van der Waals surface area (Å²) in [5.41, 5.74) is 0. The Morgan fingerprint density at radius 2 is 1.78 bits per heavy atom. The molecule has 1 saturated carbocycles. The van der Waals surface area contributed by atoms with E-state index in [1.807, 2.05) is 0 Å². The van der Waals surface area contributed by atoms with Crippen LogP contribution in [0.15, 0.2) is 0 Å². The topological polar surface area (TPSA) is 61.4 Å². The van der Waals surface area contributed by atoms with Crippen LogP contribution < -0.4 is 10.0 Å². The van der Waals surface area contributed by atoms with Gasteiger partial charge in [0.2, 0.25) is 10.0 Å². The van der Waals surface area contributed by atoms with Crippen LogP contribution in [0.25, 0.3) is 0 Å². The minimum atomic E-state index is -3.09. The average molecular weight is 275 g/mol. The molecule has 5 nitrogen and oxygen atoms in total. The minimum absolute atomic E-state index is 0.187. The van der Waals surface area contributed by atoms with E-state index in [4.69, 9.17) is 0 Å². The fraction of sp³-hybridized carbons (Fsp3) is 1.00. The zero-order valence-electron chi connectivity index (χ0n) is 11.0. The molecule has 1 aliphatic heterocycles. The zero-order valence-corrected chi connectivity index (χ0v) is 11.8. The number of nitrogens with zero attached hydrogens (tertiary/aromatic N) is 1. The number of hydrogen-bond donors (Lipinski definition) is 2. The standard InChI is InChI=1S/C12H25N3O2S/c16-18(17,14-12-4-2-1-3-5-12)11-10-15-8-6-13-7-9-15/h12-14H,1-11H2. The van der Waals surface area contributed by atoms with Gasteiger partial charge in [0.1, 0.15) is 0 Å². The molecule has 2 fully saturated rings. The Morgan fingerprint density at radius 1 is 1.11 bits per heavy atom. The van der Waals surface area contributed by atoms with E-state index in [2.05, 4.69) is 14.9 Å². The molecule has 2 aliphatic rings. The second-order valence-corrected chi connectivity index (χ2v) is 7.24. The second kappa shape index (κ2) is 6.84. The van der Waals surface area contributed by atoms with Crippen LogP contribution in [0.5, 0.6) is 0 Å². The molecule has 0 bridgehead atoms. The summed E-state index contributed by atoms with van der Waals surface area (Å²) in [5, 5.41) is 3.27. The second-order valence-electron chi connectivity index (χ2n) is 5.36. The first kappa shape index (κ1) is 14.2. The Morgan fingerprint density at radius 3 is 2.44 bits per heavy atom. The highest BCUT2D eigenvalue weighted by molar-refractivity contribution is 7.89. The van der Waals surface area contributed by atoms with Gasteiger partial charge in [-0.15, -0.1) is 0 Å². The van der Waals surface area contributed by atoms with Crippen molar-refractivity contribution in [1.29, 1.82) is 0 Å². The highest BCUT2D eigenvalue weighted by atomic mass is 32.2. The molecule has 6 heteroatoms. The van der Waals surface area contributed by atoms with Crippen molar-refractivity contribution in [2.75, 3.05) is 38.5 Å². The van der Waals surface area contributed by atoms with Gasteiger partial charge in [-0.05, 0) is 12.8 Å². The van der Waals surface area contributed by atoms with E-state index in [0.717, 1.165) is 51.9 Å². The fourth-order valence-corrected chi connectivity index (χ4v) is 4.08.